The molecule has 3 N–H and O–H groups in total. The molecule has 0 aliphatic heterocycles. The average molecular weight is 353 g/mol. The predicted octanol–water partition coefficient (Wildman–Crippen LogP) is 2.83. The zero-order valence-corrected chi connectivity index (χ0v) is 11.9. The topological polar surface area (TPSA) is 68.0 Å². The van der Waals surface area contributed by atoms with E-state index in [2.05, 4.69) is 32.9 Å². The van der Waals surface area contributed by atoms with Gasteiger partial charge in [-0.15, -0.1) is 0 Å². The van der Waals surface area contributed by atoms with E-state index in [9.17, 15) is 4.79 Å². The molecule has 2 aromatic rings. The van der Waals surface area contributed by atoms with Crippen molar-refractivity contribution in [2.45, 2.75) is 6.92 Å². The van der Waals surface area contributed by atoms with Crippen LogP contribution >= 0.6 is 22.6 Å². The Morgan fingerprint density at radius 2 is 2.00 bits per heavy atom. The van der Waals surface area contributed by atoms with Gasteiger partial charge in [-0.25, -0.2) is 4.98 Å². The zero-order chi connectivity index (χ0) is 13.1. The first-order valence-electron chi connectivity index (χ1n) is 5.35. The van der Waals surface area contributed by atoms with E-state index in [0.717, 1.165) is 9.13 Å². The van der Waals surface area contributed by atoms with Gasteiger partial charge in [0.25, 0.3) is 5.91 Å². The monoisotopic (exact) mass is 353 g/mol. The van der Waals surface area contributed by atoms with Crippen LogP contribution in [0.1, 0.15) is 15.9 Å². The minimum absolute atomic E-state index is 0.178. The molecule has 0 aliphatic carbocycles. The van der Waals surface area contributed by atoms with Gasteiger partial charge in [0, 0.05) is 9.13 Å². The second kappa shape index (κ2) is 5.34. The van der Waals surface area contributed by atoms with E-state index in [-0.39, 0.29) is 5.91 Å². The van der Waals surface area contributed by atoms with E-state index in [1.165, 1.54) is 0 Å². The normalized spacial score (nSPS) is 10.1. The van der Waals surface area contributed by atoms with E-state index in [1.807, 2.05) is 19.1 Å². The molecule has 0 radical (unpaired) electrons. The van der Waals surface area contributed by atoms with Gasteiger partial charge in [0.15, 0.2) is 0 Å². The van der Waals surface area contributed by atoms with E-state index in [1.54, 1.807) is 24.4 Å². The van der Waals surface area contributed by atoms with Crippen LogP contribution in [0.2, 0.25) is 0 Å². The molecule has 0 atom stereocenters. The minimum Gasteiger partial charge on any atom is -0.397 e. The molecular formula is C13H12IN3O. The second-order valence-corrected chi connectivity index (χ2v) is 5.13. The summed E-state index contributed by atoms with van der Waals surface area (Å²) in [6, 6.07) is 9.08. The maximum absolute atomic E-state index is 11.9. The molecule has 92 valence electrons. The first-order valence-corrected chi connectivity index (χ1v) is 6.43. The molecule has 4 nitrogen and oxygen atoms in total. The molecule has 18 heavy (non-hydrogen) atoms. The number of aryl methyl sites for hydroxylation is 1. The molecule has 0 saturated heterocycles. The van der Waals surface area contributed by atoms with Crippen molar-refractivity contribution in [2.75, 3.05) is 11.1 Å². The SMILES string of the molecule is Cc1cc(NC(=O)c2ccc(I)cc2)ncc1N. The van der Waals surface area contributed by atoms with Gasteiger partial charge in [-0.05, 0) is 65.4 Å². The number of nitrogen functional groups attached to an aromatic ring is 1. The second-order valence-electron chi connectivity index (χ2n) is 3.89. The fraction of sp³-hybridized carbons (Fsp3) is 0.0769. The maximum Gasteiger partial charge on any atom is 0.256 e. The number of halogens is 1. The van der Waals surface area contributed by atoms with Crippen LogP contribution in [0.25, 0.3) is 0 Å². The highest BCUT2D eigenvalue weighted by atomic mass is 127. The van der Waals surface area contributed by atoms with Gasteiger partial charge in [-0.2, -0.15) is 0 Å². The number of hydrogen-bond acceptors (Lipinski definition) is 3. The fourth-order valence-electron chi connectivity index (χ4n) is 1.42. The van der Waals surface area contributed by atoms with E-state index in [4.69, 9.17) is 5.73 Å². The summed E-state index contributed by atoms with van der Waals surface area (Å²) in [6.45, 7) is 1.87. The Labute approximate surface area is 119 Å². The van der Waals surface area contributed by atoms with Crippen molar-refractivity contribution in [3.63, 3.8) is 0 Å². The lowest BCUT2D eigenvalue weighted by molar-refractivity contribution is 0.102. The molecule has 1 amide bonds. The van der Waals surface area contributed by atoms with Crippen molar-refractivity contribution in [1.82, 2.24) is 4.98 Å². The highest BCUT2D eigenvalue weighted by molar-refractivity contribution is 14.1. The number of pyridine rings is 1. The number of benzene rings is 1. The number of carbonyl (C=O) groups excluding carboxylic acids is 1. The maximum atomic E-state index is 11.9. The molecule has 0 saturated carbocycles. The molecule has 0 bridgehead atoms. The molecule has 1 aromatic heterocycles. The van der Waals surface area contributed by atoms with Crippen molar-refractivity contribution in [3.8, 4) is 0 Å². The molecule has 1 heterocycles. The molecule has 0 aliphatic rings. The Morgan fingerprint density at radius 3 is 2.61 bits per heavy atom. The van der Waals surface area contributed by atoms with Crippen LogP contribution in [-0.2, 0) is 0 Å². The standard InChI is InChI=1S/C13H12IN3O/c1-8-6-12(16-7-11(8)15)17-13(18)9-2-4-10(14)5-3-9/h2-7H,15H2,1H3,(H,16,17,18). The molecule has 1 aromatic carbocycles. The number of amides is 1. The molecular weight excluding hydrogens is 341 g/mol. The summed E-state index contributed by atoms with van der Waals surface area (Å²) in [7, 11) is 0. The summed E-state index contributed by atoms with van der Waals surface area (Å²) < 4.78 is 1.09. The molecule has 5 heteroatoms. The Bertz CT molecular complexity index is 581. The number of anilines is 2. The summed E-state index contributed by atoms with van der Waals surface area (Å²) in [5.41, 5.74) is 7.78. The molecule has 0 fully saturated rings. The Kier molecular flexibility index (Phi) is 3.81. The number of rotatable bonds is 2. The molecule has 0 spiro atoms. The zero-order valence-electron chi connectivity index (χ0n) is 9.77. The number of nitrogens with two attached hydrogens (primary N) is 1. The third-order valence-corrected chi connectivity index (χ3v) is 3.22. The number of carbonyl (C=O) groups is 1. The highest BCUT2D eigenvalue weighted by Gasteiger charge is 2.07. The van der Waals surface area contributed by atoms with Crippen molar-refractivity contribution < 1.29 is 4.79 Å². The van der Waals surface area contributed by atoms with Crippen molar-refractivity contribution in [3.05, 3.63) is 51.2 Å². The van der Waals surface area contributed by atoms with E-state index >= 15 is 0 Å². The van der Waals surface area contributed by atoms with Crippen LogP contribution in [0.15, 0.2) is 36.5 Å². The number of hydrogen-bond donors (Lipinski definition) is 2. The van der Waals surface area contributed by atoms with Crippen molar-refractivity contribution in [2.24, 2.45) is 0 Å². The Morgan fingerprint density at radius 1 is 1.33 bits per heavy atom. The quantitative estimate of drug-likeness (QED) is 0.816. The van der Waals surface area contributed by atoms with Crippen LogP contribution in [0.5, 0.6) is 0 Å². The Hall–Kier alpha value is -1.63. The van der Waals surface area contributed by atoms with E-state index < -0.39 is 0 Å². The fourth-order valence-corrected chi connectivity index (χ4v) is 1.78. The van der Waals surface area contributed by atoms with Gasteiger partial charge in [0.1, 0.15) is 5.82 Å². The summed E-state index contributed by atoms with van der Waals surface area (Å²) in [5.74, 6) is 0.327. The van der Waals surface area contributed by atoms with Crippen LogP contribution in [0, 0.1) is 10.5 Å². The summed E-state index contributed by atoms with van der Waals surface area (Å²) in [6.07, 6.45) is 1.54. The van der Waals surface area contributed by atoms with Gasteiger partial charge in [-0.1, -0.05) is 0 Å². The van der Waals surface area contributed by atoms with Crippen LogP contribution in [0.4, 0.5) is 11.5 Å². The third kappa shape index (κ3) is 2.98. The lowest BCUT2D eigenvalue weighted by atomic mass is 10.2. The van der Waals surface area contributed by atoms with Crippen LogP contribution in [0.3, 0.4) is 0 Å². The minimum atomic E-state index is -0.178. The van der Waals surface area contributed by atoms with Crippen molar-refractivity contribution in [1.29, 1.82) is 0 Å². The largest absolute Gasteiger partial charge is 0.397 e. The first kappa shape index (κ1) is 12.8. The van der Waals surface area contributed by atoms with Gasteiger partial charge in [0.05, 0.1) is 11.9 Å². The third-order valence-electron chi connectivity index (χ3n) is 2.50. The average Bonchev–Trinajstić information content (AvgIpc) is 2.34. The summed E-state index contributed by atoms with van der Waals surface area (Å²) >= 11 is 2.19. The van der Waals surface area contributed by atoms with E-state index in [0.29, 0.717) is 17.1 Å². The highest BCUT2D eigenvalue weighted by Crippen LogP contribution is 2.14. The Balaban J connectivity index is 2.16. The van der Waals surface area contributed by atoms with Crippen LogP contribution < -0.4 is 11.1 Å². The lowest BCUT2D eigenvalue weighted by Gasteiger charge is -2.06. The van der Waals surface area contributed by atoms with Gasteiger partial charge >= 0.3 is 0 Å². The number of aromatic nitrogens is 1. The first-order chi connectivity index (χ1) is 8.56. The van der Waals surface area contributed by atoms with Crippen LogP contribution in [-0.4, -0.2) is 10.9 Å². The van der Waals surface area contributed by atoms with Gasteiger partial charge in [0.2, 0.25) is 0 Å². The number of nitrogens with zero attached hydrogens (tertiary/aromatic N) is 1. The molecule has 2 rings (SSSR count). The summed E-state index contributed by atoms with van der Waals surface area (Å²) in [5, 5.41) is 2.74. The molecule has 0 unspecified atom stereocenters. The summed E-state index contributed by atoms with van der Waals surface area (Å²) in [4.78, 5) is 16.0. The number of nitrogens with one attached hydrogen (secondary N) is 1. The smallest absolute Gasteiger partial charge is 0.256 e. The van der Waals surface area contributed by atoms with Gasteiger partial charge in [-0.3, -0.25) is 4.79 Å². The predicted molar refractivity (Wildman–Crippen MR) is 80.5 cm³/mol. The van der Waals surface area contributed by atoms with Crippen molar-refractivity contribution >= 4 is 40.0 Å². The van der Waals surface area contributed by atoms with Gasteiger partial charge < -0.3 is 11.1 Å². The lowest BCUT2D eigenvalue weighted by Crippen LogP contribution is -2.13.